The number of benzene rings is 1. The van der Waals surface area contributed by atoms with Gasteiger partial charge >= 0.3 is 18.1 Å². The lowest BCUT2D eigenvalue weighted by Crippen LogP contribution is -2.15. The number of carboxylic acids is 2. The first-order chi connectivity index (χ1) is 12.9. The van der Waals surface area contributed by atoms with Crippen molar-refractivity contribution < 1.29 is 42.4 Å². The molecule has 6 nitrogen and oxygen atoms in total. The molecule has 3 N–H and O–H groups in total. The first kappa shape index (κ1) is 24.2. The molecule has 28 heavy (non-hydrogen) atoms. The Morgan fingerprint density at radius 3 is 2.32 bits per heavy atom. The van der Waals surface area contributed by atoms with Crippen LogP contribution in [0.15, 0.2) is 24.3 Å². The fourth-order valence-electron chi connectivity index (χ4n) is 2.83. The van der Waals surface area contributed by atoms with Crippen LogP contribution in [0.1, 0.15) is 49.7 Å². The number of halogens is 3. The lowest BCUT2D eigenvalue weighted by Gasteiger charge is -2.14. The number of carbonyl (C=O) groups is 2. The predicted molar refractivity (Wildman–Crippen MR) is 96.3 cm³/mol. The normalized spacial score (nSPS) is 15.0. The fourth-order valence-corrected chi connectivity index (χ4v) is 4.47. The molecule has 0 fully saturated rings. The van der Waals surface area contributed by atoms with Crippen molar-refractivity contribution in [3.8, 4) is 0 Å². The van der Waals surface area contributed by atoms with E-state index >= 15 is 0 Å². The molecule has 0 saturated carbocycles. The summed E-state index contributed by atoms with van der Waals surface area (Å²) in [4.78, 5) is 31.6. The van der Waals surface area contributed by atoms with Gasteiger partial charge in [0.05, 0.1) is 11.5 Å². The van der Waals surface area contributed by atoms with Crippen LogP contribution < -0.4 is 0 Å². The monoisotopic (exact) mass is 424 g/mol. The highest BCUT2D eigenvalue weighted by Crippen LogP contribution is 2.46. The van der Waals surface area contributed by atoms with Crippen LogP contribution in [-0.2, 0) is 26.5 Å². The van der Waals surface area contributed by atoms with Gasteiger partial charge in [-0.05, 0) is 30.9 Å². The molecule has 0 aliphatic heterocycles. The van der Waals surface area contributed by atoms with E-state index in [9.17, 15) is 32.2 Å². The molecule has 0 spiro atoms. The molecule has 10 heteroatoms. The third kappa shape index (κ3) is 9.37. The second kappa shape index (κ2) is 10.6. The van der Waals surface area contributed by atoms with Crippen LogP contribution in [-0.4, -0.2) is 33.2 Å². The van der Waals surface area contributed by atoms with E-state index in [1.165, 1.54) is 12.1 Å². The molecule has 2 atom stereocenters. The predicted octanol–water partition coefficient (Wildman–Crippen LogP) is 4.60. The lowest BCUT2D eigenvalue weighted by atomic mass is 9.96. The average Bonchev–Trinajstić information content (AvgIpc) is 2.55. The summed E-state index contributed by atoms with van der Waals surface area (Å²) in [7, 11) is -3.66. The van der Waals surface area contributed by atoms with Crippen molar-refractivity contribution in [3.05, 3.63) is 35.4 Å². The molecule has 158 valence electrons. The molecule has 0 amide bonds. The van der Waals surface area contributed by atoms with Crippen molar-refractivity contribution >= 4 is 19.3 Å². The van der Waals surface area contributed by atoms with Crippen molar-refractivity contribution in [1.29, 1.82) is 0 Å². The van der Waals surface area contributed by atoms with Crippen molar-refractivity contribution in [3.63, 3.8) is 0 Å². The highest BCUT2D eigenvalue weighted by Gasteiger charge is 2.31. The largest absolute Gasteiger partial charge is 0.481 e. The van der Waals surface area contributed by atoms with E-state index < -0.39 is 37.0 Å². The number of carboxylic acid groups (broad SMARTS) is 2. The Bertz CT molecular complexity index is 720. The Balaban J connectivity index is 2.44. The van der Waals surface area contributed by atoms with Crippen LogP contribution in [0.5, 0.6) is 0 Å². The van der Waals surface area contributed by atoms with Gasteiger partial charge in [0, 0.05) is 18.7 Å². The first-order valence-corrected chi connectivity index (χ1v) is 10.9. The van der Waals surface area contributed by atoms with E-state index in [1.807, 2.05) is 0 Å². The Morgan fingerprint density at radius 1 is 1.07 bits per heavy atom. The highest BCUT2D eigenvalue weighted by atomic mass is 31.2. The number of hydrogen-bond donors (Lipinski definition) is 3. The second-order valence-corrected chi connectivity index (χ2v) is 9.20. The smallest absolute Gasteiger partial charge is 0.416 e. The summed E-state index contributed by atoms with van der Waals surface area (Å²) in [5, 5.41) is 17.7. The number of aliphatic carboxylic acids is 2. The maximum Gasteiger partial charge on any atom is 0.416 e. The van der Waals surface area contributed by atoms with Crippen molar-refractivity contribution in [2.75, 3.05) is 6.16 Å². The van der Waals surface area contributed by atoms with Crippen LogP contribution in [0, 0.1) is 5.92 Å². The summed E-state index contributed by atoms with van der Waals surface area (Å²) in [5.74, 6) is -2.91. The molecular weight excluding hydrogens is 400 g/mol. The Kier molecular flexibility index (Phi) is 9.17. The SMILES string of the molecule is O=C(O)CCC(CCCCCP(=O)(O)Cc1cccc(C(F)(F)F)c1)C(=O)O. The van der Waals surface area contributed by atoms with E-state index in [-0.39, 0.29) is 37.1 Å². The van der Waals surface area contributed by atoms with E-state index in [4.69, 9.17) is 10.2 Å². The van der Waals surface area contributed by atoms with Gasteiger partial charge in [0.15, 0.2) is 0 Å². The van der Waals surface area contributed by atoms with Crippen molar-refractivity contribution in [2.45, 2.75) is 50.9 Å². The first-order valence-electron chi connectivity index (χ1n) is 8.82. The van der Waals surface area contributed by atoms with E-state index in [0.29, 0.717) is 19.3 Å². The number of unbranched alkanes of at least 4 members (excludes halogenated alkanes) is 2. The maximum atomic E-state index is 12.7. The molecule has 0 aliphatic carbocycles. The highest BCUT2D eigenvalue weighted by molar-refractivity contribution is 7.57. The van der Waals surface area contributed by atoms with Crippen LogP contribution in [0.4, 0.5) is 13.2 Å². The van der Waals surface area contributed by atoms with Gasteiger partial charge in [0.1, 0.15) is 0 Å². The molecule has 1 aromatic rings. The Labute approximate surface area is 160 Å². The quantitative estimate of drug-likeness (QED) is 0.334. The third-order valence-electron chi connectivity index (χ3n) is 4.30. The minimum Gasteiger partial charge on any atom is -0.481 e. The van der Waals surface area contributed by atoms with Gasteiger partial charge in [-0.25, -0.2) is 0 Å². The van der Waals surface area contributed by atoms with Gasteiger partial charge in [-0.15, -0.1) is 0 Å². The summed E-state index contributed by atoms with van der Waals surface area (Å²) in [6, 6.07) is 4.33. The van der Waals surface area contributed by atoms with Crippen molar-refractivity contribution in [1.82, 2.24) is 0 Å². The van der Waals surface area contributed by atoms with Crippen molar-refractivity contribution in [2.24, 2.45) is 5.92 Å². The summed E-state index contributed by atoms with van der Waals surface area (Å²) >= 11 is 0. The van der Waals surface area contributed by atoms with Gasteiger partial charge in [0.2, 0.25) is 7.37 Å². The minimum absolute atomic E-state index is 0.0265. The number of alkyl halides is 3. The van der Waals surface area contributed by atoms with Gasteiger partial charge in [-0.1, -0.05) is 31.0 Å². The zero-order valence-electron chi connectivity index (χ0n) is 15.2. The Hall–Kier alpha value is -1.86. The molecule has 0 aromatic heterocycles. The minimum atomic E-state index is -4.52. The summed E-state index contributed by atoms with van der Waals surface area (Å²) in [5.41, 5.74) is -0.730. The standard InChI is InChI=1S/C18H24F3O6P/c19-18(20,21)15-7-4-5-13(11-15)12-28(26,27)10-3-1-2-6-14(17(24)25)8-9-16(22)23/h4-5,7,11,14H,1-3,6,8-10,12H2,(H,22,23)(H,24,25)(H,26,27). The summed E-state index contributed by atoms with van der Waals surface area (Å²) in [6.45, 7) is 0. The van der Waals surface area contributed by atoms with Crippen LogP contribution in [0.2, 0.25) is 0 Å². The van der Waals surface area contributed by atoms with Gasteiger partial charge < -0.3 is 15.1 Å². The molecule has 0 saturated heterocycles. The van der Waals surface area contributed by atoms with Crippen LogP contribution in [0.25, 0.3) is 0 Å². The molecule has 0 bridgehead atoms. The zero-order valence-corrected chi connectivity index (χ0v) is 16.1. The van der Waals surface area contributed by atoms with Gasteiger partial charge in [-0.2, -0.15) is 13.2 Å². The van der Waals surface area contributed by atoms with E-state index in [0.717, 1.165) is 12.1 Å². The van der Waals surface area contributed by atoms with E-state index in [1.54, 1.807) is 0 Å². The molecular formula is C18H24F3O6P. The van der Waals surface area contributed by atoms with E-state index in [2.05, 4.69) is 0 Å². The zero-order chi connectivity index (χ0) is 21.4. The number of rotatable bonds is 12. The Morgan fingerprint density at radius 2 is 1.75 bits per heavy atom. The average molecular weight is 424 g/mol. The lowest BCUT2D eigenvalue weighted by molar-refractivity contribution is -0.143. The second-order valence-electron chi connectivity index (χ2n) is 6.74. The molecule has 0 heterocycles. The third-order valence-corrected chi connectivity index (χ3v) is 6.17. The molecule has 1 aromatic carbocycles. The molecule has 2 unspecified atom stereocenters. The summed E-state index contributed by atoms with van der Waals surface area (Å²) < 4.78 is 50.4. The topological polar surface area (TPSA) is 112 Å². The van der Waals surface area contributed by atoms with Crippen LogP contribution in [0.3, 0.4) is 0 Å². The van der Waals surface area contributed by atoms with Crippen LogP contribution >= 0.6 is 7.37 Å². The fraction of sp³-hybridized carbons (Fsp3) is 0.556. The number of hydrogen-bond acceptors (Lipinski definition) is 3. The molecule has 1 rings (SSSR count). The van der Waals surface area contributed by atoms with Gasteiger partial charge in [-0.3, -0.25) is 14.2 Å². The summed E-state index contributed by atoms with van der Waals surface area (Å²) in [6.07, 6.45) is -3.62. The maximum absolute atomic E-state index is 12.7. The molecule has 0 aliphatic rings. The molecule has 0 radical (unpaired) electrons. The van der Waals surface area contributed by atoms with Gasteiger partial charge in [0.25, 0.3) is 0 Å².